The topological polar surface area (TPSA) is 101 Å². The third kappa shape index (κ3) is 2.46. The molecule has 6 heteroatoms. The highest BCUT2D eigenvalue weighted by atomic mass is 16.5. The number of benzene rings is 1. The minimum absolute atomic E-state index is 0.215. The van der Waals surface area contributed by atoms with Crippen molar-refractivity contribution in [2.45, 2.75) is 37.7 Å². The maximum Gasteiger partial charge on any atom is 0.410 e. The maximum atomic E-state index is 10.9. The lowest BCUT2D eigenvalue weighted by molar-refractivity contribution is 0.118. The van der Waals surface area contributed by atoms with Gasteiger partial charge in [-0.15, -0.1) is 0 Å². The zero-order chi connectivity index (χ0) is 14.1. The first-order valence-corrected chi connectivity index (χ1v) is 6.77. The number of nitrogens with zero attached hydrogens (tertiary/aromatic N) is 1. The highest BCUT2D eigenvalue weighted by Gasteiger charge is 2.24. The summed E-state index contributed by atoms with van der Waals surface area (Å²) >= 11 is 0. The molecular weight excluding hydrogens is 258 g/mol. The van der Waals surface area contributed by atoms with Crippen molar-refractivity contribution in [1.29, 1.82) is 0 Å². The number of imidazole rings is 1. The first-order valence-electron chi connectivity index (χ1n) is 6.77. The number of H-pyrrole nitrogens is 1. The van der Waals surface area contributed by atoms with Gasteiger partial charge in [0.1, 0.15) is 11.3 Å². The number of hydrogen-bond donors (Lipinski definition) is 3. The molecule has 1 saturated carbocycles. The molecule has 2 atom stereocenters. The molecule has 1 aliphatic rings. The molecule has 0 spiro atoms. The molecule has 1 aromatic heterocycles. The lowest BCUT2D eigenvalue weighted by atomic mass is 9.87. The van der Waals surface area contributed by atoms with Gasteiger partial charge < -0.3 is 20.6 Å². The molecule has 3 rings (SSSR count). The van der Waals surface area contributed by atoms with Crippen LogP contribution in [0.2, 0.25) is 0 Å². The molecule has 1 aliphatic carbocycles. The van der Waals surface area contributed by atoms with Crippen LogP contribution in [-0.4, -0.2) is 27.3 Å². The van der Waals surface area contributed by atoms with Gasteiger partial charge in [-0.2, -0.15) is 0 Å². The van der Waals surface area contributed by atoms with Gasteiger partial charge >= 0.3 is 6.09 Å². The van der Waals surface area contributed by atoms with Gasteiger partial charge in [0.2, 0.25) is 0 Å². The summed E-state index contributed by atoms with van der Waals surface area (Å²) < 4.78 is 4.96. The van der Waals surface area contributed by atoms with E-state index >= 15 is 0 Å². The van der Waals surface area contributed by atoms with Crippen molar-refractivity contribution in [2.75, 3.05) is 0 Å². The number of aromatic amines is 1. The zero-order valence-corrected chi connectivity index (χ0v) is 11.0. The van der Waals surface area contributed by atoms with E-state index in [2.05, 4.69) is 9.97 Å². The number of aromatic nitrogens is 2. The first-order chi connectivity index (χ1) is 9.63. The van der Waals surface area contributed by atoms with E-state index < -0.39 is 6.09 Å². The number of amides is 1. The van der Waals surface area contributed by atoms with Crippen LogP contribution in [0.5, 0.6) is 5.75 Å². The number of primary amides is 1. The molecule has 20 heavy (non-hydrogen) atoms. The van der Waals surface area contributed by atoms with Gasteiger partial charge in [-0.3, -0.25) is 0 Å². The maximum absolute atomic E-state index is 10.9. The molecule has 1 heterocycles. The Labute approximate surface area is 115 Å². The highest BCUT2D eigenvalue weighted by molar-refractivity contribution is 5.84. The van der Waals surface area contributed by atoms with E-state index in [9.17, 15) is 9.90 Å². The van der Waals surface area contributed by atoms with Crippen LogP contribution in [0, 0.1) is 0 Å². The molecule has 0 radical (unpaired) electrons. The number of nitrogens with two attached hydrogens (primary N) is 1. The fourth-order valence-electron chi connectivity index (χ4n) is 2.82. The summed E-state index contributed by atoms with van der Waals surface area (Å²) in [5.41, 5.74) is 6.45. The predicted molar refractivity (Wildman–Crippen MR) is 73.5 cm³/mol. The quantitative estimate of drug-likeness (QED) is 0.780. The van der Waals surface area contributed by atoms with Crippen LogP contribution in [0.4, 0.5) is 4.79 Å². The molecule has 2 unspecified atom stereocenters. The smallest absolute Gasteiger partial charge is 0.408 e. The average molecular weight is 275 g/mol. The molecule has 4 N–H and O–H groups in total. The largest absolute Gasteiger partial charge is 0.410 e. The van der Waals surface area contributed by atoms with Crippen molar-refractivity contribution < 1.29 is 14.6 Å². The minimum atomic E-state index is -0.852. The normalized spacial score (nSPS) is 22.9. The van der Waals surface area contributed by atoms with Crippen molar-refractivity contribution in [3.8, 4) is 5.75 Å². The molecular formula is C14H17N3O3. The number of carbonyl (C=O) groups excluding carboxylic acids is 1. The number of rotatable bonds is 2. The first kappa shape index (κ1) is 12.9. The van der Waals surface area contributed by atoms with Gasteiger partial charge in [-0.25, -0.2) is 9.78 Å². The van der Waals surface area contributed by atoms with E-state index in [0.717, 1.165) is 30.6 Å². The second kappa shape index (κ2) is 5.13. The second-order valence-electron chi connectivity index (χ2n) is 5.21. The summed E-state index contributed by atoms with van der Waals surface area (Å²) in [6.07, 6.45) is 2.45. The summed E-state index contributed by atoms with van der Waals surface area (Å²) in [7, 11) is 0. The molecule has 106 valence electrons. The van der Waals surface area contributed by atoms with Crippen molar-refractivity contribution in [3.05, 3.63) is 24.0 Å². The Balaban J connectivity index is 1.95. The number of aliphatic hydroxyl groups is 1. The zero-order valence-electron chi connectivity index (χ0n) is 11.0. The number of hydrogen-bond acceptors (Lipinski definition) is 4. The van der Waals surface area contributed by atoms with Gasteiger partial charge in [0, 0.05) is 5.92 Å². The van der Waals surface area contributed by atoms with Crippen LogP contribution in [0.25, 0.3) is 11.0 Å². The number of para-hydroxylation sites is 1. The predicted octanol–water partition coefficient (Wildman–Crippen LogP) is 2.04. The van der Waals surface area contributed by atoms with E-state index in [0.29, 0.717) is 17.7 Å². The Kier molecular flexibility index (Phi) is 3.31. The lowest BCUT2D eigenvalue weighted by Gasteiger charge is -2.23. The van der Waals surface area contributed by atoms with Crippen LogP contribution in [0.3, 0.4) is 0 Å². The van der Waals surface area contributed by atoms with Gasteiger partial charge in [0.25, 0.3) is 0 Å². The summed E-state index contributed by atoms with van der Waals surface area (Å²) in [6.45, 7) is 0. The van der Waals surface area contributed by atoms with Crippen molar-refractivity contribution in [1.82, 2.24) is 9.97 Å². The number of aliphatic hydroxyl groups excluding tert-OH is 1. The average Bonchev–Trinajstić information content (AvgIpc) is 2.83. The molecule has 0 saturated heterocycles. The Bertz CT molecular complexity index is 638. The van der Waals surface area contributed by atoms with E-state index in [1.165, 1.54) is 0 Å². The molecule has 1 aromatic carbocycles. The fraction of sp³-hybridized carbons (Fsp3) is 0.429. The van der Waals surface area contributed by atoms with E-state index in [-0.39, 0.29) is 12.0 Å². The van der Waals surface area contributed by atoms with Crippen molar-refractivity contribution >= 4 is 17.1 Å². The van der Waals surface area contributed by atoms with Crippen molar-refractivity contribution in [2.24, 2.45) is 5.73 Å². The SMILES string of the molecule is NC(=O)Oc1cccc2[nH]c(C3CCCC(O)C3)nc12. The molecule has 1 fully saturated rings. The molecule has 6 nitrogen and oxygen atoms in total. The third-order valence-corrected chi connectivity index (χ3v) is 3.74. The molecule has 0 aliphatic heterocycles. The Hall–Kier alpha value is -2.08. The molecule has 1 amide bonds. The van der Waals surface area contributed by atoms with E-state index in [4.69, 9.17) is 10.5 Å². The summed E-state index contributed by atoms with van der Waals surface area (Å²) in [4.78, 5) is 18.7. The number of fused-ring (bicyclic) bond motifs is 1. The van der Waals surface area contributed by atoms with Crippen LogP contribution in [0.15, 0.2) is 18.2 Å². The van der Waals surface area contributed by atoms with Crippen LogP contribution in [0.1, 0.15) is 37.4 Å². The molecule has 2 aromatic rings. The van der Waals surface area contributed by atoms with E-state index in [1.54, 1.807) is 12.1 Å². The van der Waals surface area contributed by atoms with Gasteiger partial charge in [0.15, 0.2) is 5.75 Å². The van der Waals surface area contributed by atoms with Gasteiger partial charge in [-0.05, 0) is 31.4 Å². The Morgan fingerprint density at radius 3 is 3.05 bits per heavy atom. The monoisotopic (exact) mass is 275 g/mol. The Morgan fingerprint density at radius 1 is 1.45 bits per heavy atom. The highest BCUT2D eigenvalue weighted by Crippen LogP contribution is 2.33. The summed E-state index contributed by atoms with van der Waals surface area (Å²) in [6, 6.07) is 5.31. The Morgan fingerprint density at radius 2 is 2.30 bits per heavy atom. The summed E-state index contributed by atoms with van der Waals surface area (Å²) in [5, 5.41) is 9.76. The lowest BCUT2D eigenvalue weighted by Crippen LogP contribution is -2.18. The third-order valence-electron chi connectivity index (χ3n) is 3.74. The summed E-state index contributed by atoms with van der Waals surface area (Å²) in [5.74, 6) is 1.40. The van der Waals surface area contributed by atoms with E-state index in [1.807, 2.05) is 6.07 Å². The van der Waals surface area contributed by atoms with Crippen molar-refractivity contribution in [3.63, 3.8) is 0 Å². The second-order valence-corrected chi connectivity index (χ2v) is 5.21. The molecule has 0 bridgehead atoms. The number of nitrogens with one attached hydrogen (secondary N) is 1. The van der Waals surface area contributed by atoms with Crippen LogP contribution in [-0.2, 0) is 0 Å². The van der Waals surface area contributed by atoms with Crippen LogP contribution >= 0.6 is 0 Å². The fourth-order valence-corrected chi connectivity index (χ4v) is 2.82. The number of ether oxygens (including phenoxy) is 1. The van der Waals surface area contributed by atoms with Crippen LogP contribution < -0.4 is 10.5 Å². The minimum Gasteiger partial charge on any atom is -0.408 e. The number of carbonyl (C=O) groups is 1. The van der Waals surface area contributed by atoms with Gasteiger partial charge in [0.05, 0.1) is 11.6 Å². The standard InChI is InChI=1S/C14H17N3O3/c15-14(19)20-11-6-2-5-10-12(11)17-13(16-10)8-3-1-4-9(18)7-8/h2,5-6,8-9,18H,1,3-4,7H2,(H2,15,19)(H,16,17). The van der Waals surface area contributed by atoms with Gasteiger partial charge in [-0.1, -0.05) is 12.5 Å².